The zero-order chi connectivity index (χ0) is 6.41. The third-order valence-electron chi connectivity index (χ3n) is 0.752. The topological polar surface area (TPSA) is 29.5 Å². The van der Waals surface area contributed by atoms with E-state index in [4.69, 9.17) is 9.84 Å². The Morgan fingerprint density at radius 1 is 1.75 bits per heavy atom. The van der Waals surface area contributed by atoms with E-state index in [9.17, 15) is 0 Å². The van der Waals surface area contributed by atoms with E-state index in [-0.39, 0.29) is 12.7 Å². The lowest BCUT2D eigenvalue weighted by Crippen LogP contribution is -2.10. The maximum Gasteiger partial charge on any atom is 0.0838 e. The predicted octanol–water partition coefficient (Wildman–Crippen LogP) is 0.956. The summed E-state index contributed by atoms with van der Waals surface area (Å²) >= 11 is 0. The Morgan fingerprint density at radius 2 is 2.38 bits per heavy atom. The fourth-order valence-corrected chi connectivity index (χ4v) is 0.304. The minimum Gasteiger partial charge on any atom is -0.394 e. The number of aliphatic hydroxyl groups is 1. The molecule has 0 aromatic rings. The highest BCUT2D eigenvalue weighted by molar-refractivity contribution is 4.50. The van der Waals surface area contributed by atoms with Gasteiger partial charge in [-0.2, -0.15) is 0 Å². The number of aliphatic hydroxyl groups excluding tert-OH is 1. The zero-order valence-corrected chi connectivity index (χ0v) is 5.42. The highest BCUT2D eigenvalue weighted by Gasteiger charge is 1.95. The predicted molar refractivity (Wildman–Crippen MR) is 32.2 cm³/mol. The Morgan fingerprint density at radius 3 is 2.75 bits per heavy atom. The monoisotopic (exact) mass is 117 g/mol. The molecule has 1 unspecified atom stereocenters. The summed E-state index contributed by atoms with van der Waals surface area (Å²) in [6, 6.07) is 0. The molecule has 0 aliphatic heterocycles. The van der Waals surface area contributed by atoms with Crippen LogP contribution in [0.25, 0.3) is 0 Å². The van der Waals surface area contributed by atoms with E-state index in [1.54, 1.807) is 6.61 Å². The van der Waals surface area contributed by atoms with Crippen LogP contribution >= 0.6 is 0 Å². The van der Waals surface area contributed by atoms with Crippen molar-refractivity contribution in [1.82, 2.24) is 0 Å². The summed E-state index contributed by atoms with van der Waals surface area (Å²) in [5.41, 5.74) is 0. The second-order valence-electron chi connectivity index (χ2n) is 1.70. The molecule has 1 atom stereocenters. The molecule has 2 heteroatoms. The largest absolute Gasteiger partial charge is 0.394 e. The average Bonchev–Trinajstić information content (AvgIpc) is 1.83. The van der Waals surface area contributed by atoms with Gasteiger partial charge in [-0.1, -0.05) is 6.92 Å². The van der Waals surface area contributed by atoms with Gasteiger partial charge in [-0.25, -0.2) is 0 Å². The fraction of sp³-hybridized carbons (Fsp3) is 0.833. The van der Waals surface area contributed by atoms with Crippen molar-refractivity contribution in [3.63, 3.8) is 0 Å². The van der Waals surface area contributed by atoms with Crippen molar-refractivity contribution in [2.45, 2.75) is 26.4 Å². The summed E-state index contributed by atoms with van der Waals surface area (Å²) in [4.78, 5) is 0. The average molecular weight is 117 g/mol. The third-order valence-corrected chi connectivity index (χ3v) is 0.752. The Bertz CT molecular complexity index is 45.8. The molecule has 0 spiro atoms. The Kier molecular flexibility index (Phi) is 5.01. The first-order chi connectivity index (χ1) is 3.81. The van der Waals surface area contributed by atoms with Crippen molar-refractivity contribution in [3.8, 4) is 0 Å². The van der Waals surface area contributed by atoms with E-state index in [1.165, 1.54) is 0 Å². The highest BCUT2D eigenvalue weighted by Crippen LogP contribution is 1.93. The van der Waals surface area contributed by atoms with Crippen LogP contribution in [0.3, 0.4) is 0 Å². The van der Waals surface area contributed by atoms with Gasteiger partial charge in [-0.15, -0.1) is 0 Å². The minimum absolute atomic E-state index is 0.0463. The first kappa shape index (κ1) is 7.92. The van der Waals surface area contributed by atoms with E-state index in [0.717, 1.165) is 6.42 Å². The molecule has 0 aromatic heterocycles. The van der Waals surface area contributed by atoms with Gasteiger partial charge in [0.05, 0.1) is 19.3 Å². The summed E-state index contributed by atoms with van der Waals surface area (Å²) in [5.74, 6) is 0. The molecule has 0 saturated heterocycles. The number of hydrogen-bond acceptors (Lipinski definition) is 2. The first-order valence-electron chi connectivity index (χ1n) is 2.89. The van der Waals surface area contributed by atoms with Crippen LogP contribution in [0.1, 0.15) is 20.3 Å². The van der Waals surface area contributed by atoms with E-state index in [1.807, 2.05) is 13.8 Å². The Labute approximate surface area is 50.5 Å². The molecular weight excluding hydrogens is 104 g/mol. The van der Waals surface area contributed by atoms with Gasteiger partial charge in [0.1, 0.15) is 0 Å². The molecule has 1 radical (unpaired) electrons. The SMILES string of the molecule is CC[CH]OC(C)CO. The van der Waals surface area contributed by atoms with Gasteiger partial charge in [0.2, 0.25) is 0 Å². The molecule has 0 saturated carbocycles. The number of rotatable bonds is 4. The first-order valence-corrected chi connectivity index (χ1v) is 2.89. The Hall–Kier alpha value is -0.0800. The summed E-state index contributed by atoms with van der Waals surface area (Å²) < 4.78 is 4.97. The second kappa shape index (κ2) is 5.06. The lowest BCUT2D eigenvalue weighted by Gasteiger charge is -2.06. The molecule has 0 aromatic carbocycles. The van der Waals surface area contributed by atoms with Crippen molar-refractivity contribution in [2.24, 2.45) is 0 Å². The van der Waals surface area contributed by atoms with Gasteiger partial charge < -0.3 is 9.84 Å². The molecule has 0 bridgehead atoms. The van der Waals surface area contributed by atoms with Crippen LogP contribution in [0.15, 0.2) is 0 Å². The van der Waals surface area contributed by atoms with Gasteiger partial charge >= 0.3 is 0 Å². The van der Waals surface area contributed by atoms with E-state index < -0.39 is 0 Å². The lowest BCUT2D eigenvalue weighted by atomic mass is 10.4. The van der Waals surface area contributed by atoms with Crippen molar-refractivity contribution in [1.29, 1.82) is 0 Å². The van der Waals surface area contributed by atoms with Gasteiger partial charge in [0.25, 0.3) is 0 Å². The van der Waals surface area contributed by atoms with Crippen molar-refractivity contribution >= 4 is 0 Å². The summed E-state index contributed by atoms with van der Waals surface area (Å²) in [5, 5.41) is 8.42. The van der Waals surface area contributed by atoms with Crippen molar-refractivity contribution in [3.05, 3.63) is 6.61 Å². The van der Waals surface area contributed by atoms with Crippen molar-refractivity contribution in [2.75, 3.05) is 6.61 Å². The van der Waals surface area contributed by atoms with E-state index in [2.05, 4.69) is 0 Å². The van der Waals surface area contributed by atoms with E-state index in [0.29, 0.717) is 0 Å². The van der Waals surface area contributed by atoms with Gasteiger partial charge in [0.15, 0.2) is 0 Å². The van der Waals surface area contributed by atoms with Crippen LogP contribution in [0.5, 0.6) is 0 Å². The summed E-state index contributed by atoms with van der Waals surface area (Å²) in [6.45, 7) is 5.60. The summed E-state index contributed by atoms with van der Waals surface area (Å²) in [6.07, 6.45) is 0.847. The summed E-state index contributed by atoms with van der Waals surface area (Å²) in [7, 11) is 0. The zero-order valence-electron chi connectivity index (χ0n) is 5.42. The molecule has 0 heterocycles. The molecule has 0 amide bonds. The number of hydrogen-bond donors (Lipinski definition) is 1. The van der Waals surface area contributed by atoms with Gasteiger partial charge in [-0.05, 0) is 13.3 Å². The maximum atomic E-state index is 8.42. The van der Waals surface area contributed by atoms with Crippen LogP contribution in [0, 0.1) is 6.61 Å². The molecular formula is C6H13O2. The van der Waals surface area contributed by atoms with Crippen LogP contribution < -0.4 is 0 Å². The lowest BCUT2D eigenvalue weighted by molar-refractivity contribution is 0.0623. The molecule has 0 fully saturated rings. The van der Waals surface area contributed by atoms with Gasteiger partial charge in [0, 0.05) is 0 Å². The molecule has 49 valence electrons. The molecule has 0 aliphatic rings. The smallest absolute Gasteiger partial charge is 0.0838 e. The van der Waals surface area contributed by atoms with Crippen LogP contribution in [-0.4, -0.2) is 17.8 Å². The van der Waals surface area contributed by atoms with Crippen LogP contribution in [0.2, 0.25) is 0 Å². The normalized spacial score (nSPS) is 13.9. The molecule has 1 N–H and O–H groups in total. The maximum absolute atomic E-state index is 8.42. The Balaban J connectivity index is 2.86. The highest BCUT2D eigenvalue weighted by atomic mass is 16.5. The fourth-order valence-electron chi connectivity index (χ4n) is 0.304. The standard InChI is InChI=1S/C6H13O2/c1-3-4-8-6(2)5-7/h4,6-7H,3,5H2,1-2H3. The van der Waals surface area contributed by atoms with Crippen molar-refractivity contribution < 1.29 is 9.84 Å². The molecule has 2 nitrogen and oxygen atoms in total. The minimum atomic E-state index is -0.0463. The molecule has 8 heavy (non-hydrogen) atoms. The van der Waals surface area contributed by atoms with E-state index >= 15 is 0 Å². The second-order valence-corrected chi connectivity index (χ2v) is 1.70. The molecule has 0 rings (SSSR count). The van der Waals surface area contributed by atoms with Crippen LogP contribution in [0.4, 0.5) is 0 Å². The number of ether oxygens (including phenoxy) is 1. The van der Waals surface area contributed by atoms with Crippen LogP contribution in [-0.2, 0) is 4.74 Å². The quantitative estimate of drug-likeness (QED) is 0.594. The van der Waals surface area contributed by atoms with Gasteiger partial charge in [-0.3, -0.25) is 0 Å². The third kappa shape index (κ3) is 4.09. The molecule has 0 aliphatic carbocycles.